The van der Waals surface area contributed by atoms with E-state index in [1.54, 1.807) is 6.92 Å². The Bertz CT molecular complexity index is 356. The molecule has 0 fully saturated rings. The van der Waals surface area contributed by atoms with Gasteiger partial charge in [0.2, 0.25) is 0 Å². The van der Waals surface area contributed by atoms with Crippen LogP contribution >= 0.6 is 0 Å². The van der Waals surface area contributed by atoms with Gasteiger partial charge in [-0.25, -0.2) is 8.78 Å². The third-order valence-corrected chi connectivity index (χ3v) is 4.94. The van der Waals surface area contributed by atoms with Gasteiger partial charge in [-0.1, -0.05) is 0 Å². The standard InChI is InChI=1S/C10H14F2O3Si/c1-4-15-16(13-2,14-3)10-6-5-8(11)7-9(10)12/h5-7H,4H2,1-3H3. The minimum atomic E-state index is -3.23. The molecule has 0 atom stereocenters. The summed E-state index contributed by atoms with van der Waals surface area (Å²) >= 11 is 0. The number of halogens is 2. The van der Waals surface area contributed by atoms with Gasteiger partial charge in [0.25, 0.3) is 0 Å². The lowest BCUT2D eigenvalue weighted by Gasteiger charge is -2.26. The number of hydrogen-bond acceptors (Lipinski definition) is 3. The van der Waals surface area contributed by atoms with Crippen LogP contribution in [0.15, 0.2) is 18.2 Å². The van der Waals surface area contributed by atoms with Crippen molar-refractivity contribution in [2.45, 2.75) is 6.92 Å². The summed E-state index contributed by atoms with van der Waals surface area (Å²) in [6, 6.07) is 3.23. The Morgan fingerprint density at radius 2 is 1.81 bits per heavy atom. The van der Waals surface area contributed by atoms with Gasteiger partial charge in [-0.05, 0) is 19.1 Å². The maximum absolute atomic E-state index is 13.6. The third-order valence-electron chi connectivity index (χ3n) is 2.13. The zero-order valence-electron chi connectivity index (χ0n) is 9.42. The first-order chi connectivity index (χ1) is 7.59. The van der Waals surface area contributed by atoms with Crippen LogP contribution in [0, 0.1) is 11.6 Å². The van der Waals surface area contributed by atoms with E-state index in [2.05, 4.69) is 0 Å². The Kier molecular flexibility index (Phi) is 4.54. The van der Waals surface area contributed by atoms with Crippen LogP contribution < -0.4 is 5.19 Å². The minimum absolute atomic E-state index is 0.140. The SMILES string of the molecule is CCO[Si](OC)(OC)c1ccc(F)cc1F. The molecule has 0 spiro atoms. The molecule has 1 aromatic rings. The molecule has 16 heavy (non-hydrogen) atoms. The molecule has 0 aliphatic rings. The van der Waals surface area contributed by atoms with Crippen LogP contribution in [0.3, 0.4) is 0 Å². The molecule has 0 aliphatic heterocycles. The molecule has 0 saturated carbocycles. The van der Waals surface area contributed by atoms with Gasteiger partial charge in [-0.3, -0.25) is 0 Å². The van der Waals surface area contributed by atoms with Gasteiger partial charge in [0.15, 0.2) is 0 Å². The first-order valence-corrected chi connectivity index (χ1v) is 6.52. The van der Waals surface area contributed by atoms with E-state index in [1.165, 1.54) is 20.3 Å². The van der Waals surface area contributed by atoms with Crippen molar-refractivity contribution in [1.82, 2.24) is 0 Å². The van der Waals surface area contributed by atoms with Gasteiger partial charge in [0, 0.05) is 26.9 Å². The summed E-state index contributed by atoms with van der Waals surface area (Å²) in [5, 5.41) is 0.140. The lowest BCUT2D eigenvalue weighted by molar-refractivity contribution is 0.119. The van der Waals surface area contributed by atoms with Crippen molar-refractivity contribution in [3.63, 3.8) is 0 Å². The Morgan fingerprint density at radius 1 is 1.19 bits per heavy atom. The van der Waals surface area contributed by atoms with Crippen LogP contribution in [-0.2, 0) is 13.3 Å². The molecule has 0 aliphatic carbocycles. The first-order valence-electron chi connectivity index (χ1n) is 4.79. The Hall–Kier alpha value is -0.823. The van der Waals surface area contributed by atoms with Crippen LogP contribution in [0.25, 0.3) is 0 Å². The monoisotopic (exact) mass is 248 g/mol. The van der Waals surface area contributed by atoms with E-state index < -0.39 is 20.4 Å². The molecule has 3 nitrogen and oxygen atoms in total. The Balaban J connectivity index is 3.19. The van der Waals surface area contributed by atoms with Crippen LogP contribution in [0.1, 0.15) is 6.92 Å². The molecule has 6 heteroatoms. The lowest BCUT2D eigenvalue weighted by atomic mass is 10.3. The fourth-order valence-electron chi connectivity index (χ4n) is 1.43. The van der Waals surface area contributed by atoms with Crippen molar-refractivity contribution < 1.29 is 22.1 Å². The second-order valence-electron chi connectivity index (χ2n) is 3.02. The summed E-state index contributed by atoms with van der Waals surface area (Å²) < 4.78 is 42.1. The van der Waals surface area contributed by atoms with Gasteiger partial charge in [0.05, 0.1) is 5.19 Å². The van der Waals surface area contributed by atoms with Gasteiger partial charge in [-0.15, -0.1) is 0 Å². The highest BCUT2D eigenvalue weighted by Crippen LogP contribution is 2.11. The zero-order chi connectivity index (χ0) is 12.2. The maximum atomic E-state index is 13.6. The molecule has 1 rings (SSSR count). The summed E-state index contributed by atoms with van der Waals surface area (Å²) in [6.45, 7) is 2.08. The molecule has 0 N–H and O–H groups in total. The second-order valence-corrected chi connectivity index (χ2v) is 5.78. The van der Waals surface area contributed by atoms with Crippen molar-refractivity contribution in [2.24, 2.45) is 0 Å². The normalized spacial score (nSPS) is 11.8. The molecular formula is C10H14F2O3Si. The topological polar surface area (TPSA) is 27.7 Å². The predicted octanol–water partition coefficient (Wildman–Crippen LogP) is 1.44. The van der Waals surface area contributed by atoms with Crippen molar-refractivity contribution in [1.29, 1.82) is 0 Å². The van der Waals surface area contributed by atoms with Crippen LogP contribution in [0.4, 0.5) is 8.78 Å². The van der Waals surface area contributed by atoms with Crippen molar-refractivity contribution in [2.75, 3.05) is 20.8 Å². The minimum Gasteiger partial charge on any atom is -0.373 e. The zero-order valence-corrected chi connectivity index (χ0v) is 10.4. The number of rotatable bonds is 5. The fourth-order valence-corrected chi connectivity index (χ4v) is 3.46. The van der Waals surface area contributed by atoms with E-state index in [1.807, 2.05) is 0 Å². The van der Waals surface area contributed by atoms with Crippen molar-refractivity contribution in [3.8, 4) is 0 Å². The fraction of sp³-hybridized carbons (Fsp3) is 0.400. The summed E-state index contributed by atoms with van der Waals surface area (Å²) in [6.07, 6.45) is 0. The highest BCUT2D eigenvalue weighted by Gasteiger charge is 2.44. The molecule has 90 valence electrons. The second kappa shape index (κ2) is 5.49. The highest BCUT2D eigenvalue weighted by atomic mass is 28.4. The molecule has 0 bridgehead atoms. The average Bonchev–Trinajstić information content (AvgIpc) is 2.27. The molecule has 0 saturated heterocycles. The van der Waals surface area contributed by atoms with Gasteiger partial charge < -0.3 is 13.3 Å². The molecule has 1 aromatic carbocycles. The van der Waals surface area contributed by atoms with Crippen LogP contribution in [0.2, 0.25) is 0 Å². The van der Waals surface area contributed by atoms with E-state index in [4.69, 9.17) is 13.3 Å². The van der Waals surface area contributed by atoms with E-state index in [0.29, 0.717) is 6.61 Å². The molecule has 0 radical (unpaired) electrons. The molecular weight excluding hydrogens is 234 g/mol. The van der Waals surface area contributed by atoms with E-state index in [9.17, 15) is 8.78 Å². The molecule has 0 aromatic heterocycles. The van der Waals surface area contributed by atoms with Gasteiger partial charge in [-0.2, -0.15) is 0 Å². The first kappa shape index (κ1) is 13.2. The van der Waals surface area contributed by atoms with Crippen molar-refractivity contribution in [3.05, 3.63) is 29.8 Å². The molecule has 0 unspecified atom stereocenters. The lowest BCUT2D eigenvalue weighted by Crippen LogP contribution is -2.56. The number of benzene rings is 1. The van der Waals surface area contributed by atoms with E-state index in [-0.39, 0.29) is 5.19 Å². The summed E-state index contributed by atoms with van der Waals surface area (Å²) in [5.41, 5.74) is 0. The van der Waals surface area contributed by atoms with E-state index >= 15 is 0 Å². The molecule has 0 amide bonds. The number of hydrogen-bond donors (Lipinski definition) is 0. The largest absolute Gasteiger partial charge is 0.539 e. The summed E-state index contributed by atoms with van der Waals surface area (Å²) in [5.74, 6) is -1.36. The molecule has 0 heterocycles. The highest BCUT2D eigenvalue weighted by molar-refractivity contribution is 6.75. The predicted molar refractivity (Wildman–Crippen MR) is 57.4 cm³/mol. The summed E-state index contributed by atoms with van der Waals surface area (Å²) in [4.78, 5) is 0. The van der Waals surface area contributed by atoms with Gasteiger partial charge >= 0.3 is 8.80 Å². The van der Waals surface area contributed by atoms with Crippen molar-refractivity contribution >= 4 is 14.0 Å². The van der Waals surface area contributed by atoms with E-state index in [0.717, 1.165) is 12.1 Å². The maximum Gasteiger partial charge on any atom is 0.539 e. The van der Waals surface area contributed by atoms with Gasteiger partial charge in [0.1, 0.15) is 11.6 Å². The summed E-state index contributed by atoms with van der Waals surface area (Å²) in [7, 11) is -0.462. The Labute approximate surface area is 94.3 Å². The average molecular weight is 248 g/mol. The third kappa shape index (κ3) is 2.46. The van der Waals surface area contributed by atoms with Crippen LogP contribution in [-0.4, -0.2) is 29.6 Å². The quantitative estimate of drug-likeness (QED) is 0.738. The van der Waals surface area contributed by atoms with Crippen LogP contribution in [0.5, 0.6) is 0 Å². The smallest absolute Gasteiger partial charge is 0.373 e. The Morgan fingerprint density at radius 3 is 2.25 bits per heavy atom.